The van der Waals surface area contributed by atoms with Gasteiger partial charge in [0.05, 0.1) is 6.10 Å². The number of hydrogen-bond donors (Lipinski definition) is 1. The number of ketones is 1. The maximum atomic E-state index is 11.8. The molecule has 0 saturated carbocycles. The van der Waals surface area contributed by atoms with Gasteiger partial charge in [0.25, 0.3) is 0 Å². The van der Waals surface area contributed by atoms with Gasteiger partial charge >= 0.3 is 5.97 Å². The van der Waals surface area contributed by atoms with Crippen LogP contribution in [0.1, 0.15) is 77.6 Å². The second-order valence-electron chi connectivity index (χ2n) is 6.45. The van der Waals surface area contributed by atoms with E-state index in [0.717, 1.165) is 12.8 Å². The Morgan fingerprint density at radius 3 is 2.50 bits per heavy atom. The number of hydrogen-bond acceptors (Lipinski definition) is 3. The summed E-state index contributed by atoms with van der Waals surface area (Å²) in [7, 11) is 0. The Morgan fingerprint density at radius 2 is 1.75 bits per heavy atom. The van der Waals surface area contributed by atoms with Gasteiger partial charge in [-0.15, -0.1) is 0 Å². The van der Waals surface area contributed by atoms with E-state index in [-0.39, 0.29) is 24.4 Å². The van der Waals surface area contributed by atoms with Gasteiger partial charge in [0.15, 0.2) is 5.78 Å². The highest BCUT2D eigenvalue weighted by atomic mass is 16.6. The molecule has 1 saturated heterocycles. The molecule has 0 bridgehead atoms. The summed E-state index contributed by atoms with van der Waals surface area (Å²) in [4.78, 5) is 22.2. The van der Waals surface area contributed by atoms with Crippen molar-refractivity contribution in [2.24, 2.45) is 0 Å². The van der Waals surface area contributed by atoms with Crippen molar-refractivity contribution >= 4 is 11.8 Å². The first-order valence-electron chi connectivity index (χ1n) is 9.37. The minimum Gasteiger partial charge on any atom is -0.481 e. The van der Waals surface area contributed by atoms with E-state index in [4.69, 9.17) is 9.84 Å². The molecular formula is C20H32O4. The molecule has 0 aliphatic carbocycles. The molecule has 2 atom stereocenters. The zero-order chi connectivity index (χ0) is 17.6. The van der Waals surface area contributed by atoms with Gasteiger partial charge in [-0.05, 0) is 38.2 Å². The summed E-state index contributed by atoms with van der Waals surface area (Å²) in [6.07, 6.45) is 18.5. The van der Waals surface area contributed by atoms with E-state index in [2.05, 4.69) is 19.1 Å². The molecule has 4 heteroatoms. The largest absolute Gasteiger partial charge is 0.481 e. The van der Waals surface area contributed by atoms with Gasteiger partial charge in [0.2, 0.25) is 0 Å². The predicted molar refractivity (Wildman–Crippen MR) is 96.0 cm³/mol. The summed E-state index contributed by atoms with van der Waals surface area (Å²) in [5.74, 6) is -0.800. The van der Waals surface area contributed by atoms with Crippen LogP contribution >= 0.6 is 0 Å². The topological polar surface area (TPSA) is 66.9 Å². The molecule has 0 spiro atoms. The Morgan fingerprint density at radius 1 is 1.00 bits per heavy atom. The second kappa shape index (κ2) is 12.9. The number of unbranched alkanes of at least 4 members (excludes halogenated alkanes) is 6. The minimum atomic E-state index is -0.800. The fraction of sp³-hybridized carbons (Fsp3) is 0.700. The van der Waals surface area contributed by atoms with Gasteiger partial charge in [-0.1, -0.05) is 57.3 Å². The normalized spacial score (nSPS) is 20.0. The van der Waals surface area contributed by atoms with Crippen molar-refractivity contribution in [3.05, 3.63) is 24.3 Å². The van der Waals surface area contributed by atoms with Gasteiger partial charge in [-0.2, -0.15) is 0 Å². The molecule has 0 radical (unpaired) electrons. The number of carbonyl (C=O) groups is 2. The molecule has 0 aromatic carbocycles. The van der Waals surface area contributed by atoms with Crippen LogP contribution in [0.15, 0.2) is 24.3 Å². The third-order valence-electron chi connectivity index (χ3n) is 4.19. The van der Waals surface area contributed by atoms with Gasteiger partial charge in [-0.3, -0.25) is 9.59 Å². The molecular weight excluding hydrogens is 304 g/mol. The smallest absolute Gasteiger partial charge is 0.303 e. The standard InChI is InChI=1S/C20H32O4/c1-2-3-4-5-6-7-8-9-10-11-12-14-17(21)20-18(24-20)15-13-16-19(22)23/h9-10,12,14,18,20H,2-8,11,13,15-16H2,1H3,(H,22,23)/b10-9-,14-12-. The molecule has 1 N–H and O–H groups in total. The maximum absolute atomic E-state index is 11.8. The predicted octanol–water partition coefficient (Wildman–Crippen LogP) is 4.83. The van der Waals surface area contributed by atoms with E-state index in [1.807, 2.05) is 6.08 Å². The zero-order valence-electron chi connectivity index (χ0n) is 14.9. The summed E-state index contributed by atoms with van der Waals surface area (Å²) in [5.41, 5.74) is 0. The van der Waals surface area contributed by atoms with Crippen molar-refractivity contribution in [1.29, 1.82) is 0 Å². The average molecular weight is 336 g/mol. The lowest BCUT2D eigenvalue weighted by atomic mass is 10.1. The number of aliphatic carboxylic acids is 1. The van der Waals surface area contributed by atoms with Crippen LogP contribution in [0, 0.1) is 0 Å². The van der Waals surface area contributed by atoms with Crippen LogP contribution in [0.2, 0.25) is 0 Å². The third-order valence-corrected chi connectivity index (χ3v) is 4.19. The van der Waals surface area contributed by atoms with Crippen molar-refractivity contribution in [1.82, 2.24) is 0 Å². The van der Waals surface area contributed by atoms with Crippen LogP contribution in [0.4, 0.5) is 0 Å². The van der Waals surface area contributed by atoms with Crippen LogP contribution in [-0.4, -0.2) is 29.1 Å². The molecule has 1 aliphatic heterocycles. The van der Waals surface area contributed by atoms with E-state index in [1.54, 1.807) is 6.08 Å². The maximum Gasteiger partial charge on any atom is 0.303 e. The van der Waals surface area contributed by atoms with Crippen molar-refractivity contribution in [2.45, 2.75) is 89.8 Å². The summed E-state index contributed by atoms with van der Waals surface area (Å²) in [5, 5.41) is 8.57. The number of carboxylic acids is 1. The monoisotopic (exact) mass is 336 g/mol. The Labute approximate surface area is 146 Å². The molecule has 2 unspecified atom stereocenters. The Balaban J connectivity index is 1.98. The SMILES string of the molecule is CCCCCCCC/C=C\C/C=C\C(=O)C1OC1CCCC(=O)O. The molecule has 1 heterocycles. The molecule has 1 fully saturated rings. The van der Waals surface area contributed by atoms with Crippen molar-refractivity contribution in [3.8, 4) is 0 Å². The van der Waals surface area contributed by atoms with Gasteiger partial charge < -0.3 is 9.84 Å². The van der Waals surface area contributed by atoms with E-state index in [9.17, 15) is 9.59 Å². The number of ether oxygens (including phenoxy) is 1. The Bertz CT molecular complexity index is 425. The molecule has 0 aromatic heterocycles. The first kappa shape index (κ1) is 20.6. The molecule has 4 nitrogen and oxygen atoms in total. The van der Waals surface area contributed by atoms with Gasteiger partial charge in [-0.25, -0.2) is 0 Å². The van der Waals surface area contributed by atoms with Crippen molar-refractivity contribution in [3.63, 3.8) is 0 Å². The Hall–Kier alpha value is -1.42. The molecule has 0 amide bonds. The van der Waals surface area contributed by atoms with Crippen molar-refractivity contribution < 1.29 is 19.4 Å². The summed E-state index contributed by atoms with van der Waals surface area (Å²) in [6.45, 7) is 2.23. The van der Waals surface area contributed by atoms with Crippen LogP contribution in [0.5, 0.6) is 0 Å². The van der Waals surface area contributed by atoms with Crippen LogP contribution in [0.3, 0.4) is 0 Å². The van der Waals surface area contributed by atoms with Gasteiger partial charge in [0.1, 0.15) is 6.10 Å². The quantitative estimate of drug-likeness (QED) is 0.201. The highest BCUT2D eigenvalue weighted by Crippen LogP contribution is 2.28. The van der Waals surface area contributed by atoms with E-state index >= 15 is 0 Å². The number of rotatable bonds is 15. The van der Waals surface area contributed by atoms with E-state index < -0.39 is 5.97 Å². The van der Waals surface area contributed by atoms with E-state index in [0.29, 0.717) is 12.8 Å². The lowest BCUT2D eigenvalue weighted by Gasteiger charge is -1.97. The molecule has 24 heavy (non-hydrogen) atoms. The lowest BCUT2D eigenvalue weighted by molar-refractivity contribution is -0.137. The first-order chi connectivity index (χ1) is 11.6. The molecule has 136 valence electrons. The van der Waals surface area contributed by atoms with Crippen LogP contribution in [-0.2, 0) is 14.3 Å². The lowest BCUT2D eigenvalue weighted by Crippen LogP contribution is -2.07. The number of epoxide rings is 1. The summed E-state index contributed by atoms with van der Waals surface area (Å²) < 4.78 is 5.30. The van der Waals surface area contributed by atoms with E-state index in [1.165, 1.54) is 38.5 Å². The summed E-state index contributed by atoms with van der Waals surface area (Å²) in [6, 6.07) is 0. The number of allylic oxidation sites excluding steroid dienone is 3. The molecule has 1 rings (SSSR count). The first-order valence-corrected chi connectivity index (χ1v) is 9.37. The molecule has 1 aliphatic rings. The zero-order valence-corrected chi connectivity index (χ0v) is 14.9. The average Bonchev–Trinajstić information content (AvgIpc) is 3.31. The number of carboxylic acid groups (broad SMARTS) is 1. The summed E-state index contributed by atoms with van der Waals surface area (Å²) >= 11 is 0. The highest BCUT2D eigenvalue weighted by Gasteiger charge is 2.42. The highest BCUT2D eigenvalue weighted by molar-refractivity contribution is 5.95. The molecule has 0 aromatic rings. The minimum absolute atomic E-state index is 0.000325. The third kappa shape index (κ3) is 10.4. The number of carbonyl (C=O) groups excluding carboxylic acids is 1. The van der Waals surface area contributed by atoms with Crippen molar-refractivity contribution in [2.75, 3.05) is 0 Å². The van der Waals surface area contributed by atoms with Crippen LogP contribution in [0.25, 0.3) is 0 Å². The van der Waals surface area contributed by atoms with Crippen LogP contribution < -0.4 is 0 Å². The van der Waals surface area contributed by atoms with Gasteiger partial charge in [0, 0.05) is 6.42 Å². The second-order valence-corrected chi connectivity index (χ2v) is 6.45. The Kier molecular flexibility index (Phi) is 11.1. The fourth-order valence-electron chi connectivity index (χ4n) is 2.68. The fourth-order valence-corrected chi connectivity index (χ4v) is 2.68.